The van der Waals surface area contributed by atoms with E-state index in [4.69, 9.17) is 4.74 Å². The third-order valence-electron chi connectivity index (χ3n) is 6.12. The lowest BCUT2D eigenvalue weighted by molar-refractivity contribution is 0.0601. The largest absolute Gasteiger partial charge is 0.465 e. The number of rotatable bonds is 6. The summed E-state index contributed by atoms with van der Waals surface area (Å²) in [7, 11) is 1.41. The fraction of sp³-hybridized carbons (Fsp3) is 0.231. The van der Waals surface area contributed by atoms with Gasteiger partial charge in [0.05, 0.1) is 7.11 Å². The third-order valence-corrected chi connectivity index (χ3v) is 6.12. The van der Waals surface area contributed by atoms with Gasteiger partial charge in [-0.1, -0.05) is 36.8 Å². The van der Waals surface area contributed by atoms with E-state index in [0.717, 1.165) is 41.5 Å². The van der Waals surface area contributed by atoms with Gasteiger partial charge < -0.3 is 14.6 Å². The first-order chi connectivity index (χ1) is 15.2. The Morgan fingerprint density at radius 1 is 1.13 bits per heavy atom. The second kappa shape index (κ2) is 8.26. The molecule has 0 spiro atoms. The molecule has 1 N–H and O–H groups in total. The Morgan fingerprint density at radius 2 is 1.97 bits per heavy atom. The van der Waals surface area contributed by atoms with Crippen molar-refractivity contribution in [2.45, 2.75) is 31.7 Å². The zero-order valence-corrected chi connectivity index (χ0v) is 17.5. The maximum atomic E-state index is 12.4. The Kier molecular flexibility index (Phi) is 5.16. The Morgan fingerprint density at radius 3 is 2.71 bits per heavy atom. The van der Waals surface area contributed by atoms with Gasteiger partial charge in [-0.05, 0) is 60.2 Å². The Bertz CT molecular complexity index is 1230. The van der Waals surface area contributed by atoms with Gasteiger partial charge in [0.2, 0.25) is 0 Å². The minimum atomic E-state index is -0.369. The molecule has 1 aliphatic carbocycles. The number of hydrogen-bond acceptors (Lipinski definition) is 4. The van der Waals surface area contributed by atoms with E-state index in [0.29, 0.717) is 17.3 Å². The summed E-state index contributed by atoms with van der Waals surface area (Å²) in [5.41, 5.74) is 4.91. The van der Waals surface area contributed by atoms with Gasteiger partial charge in [-0.2, -0.15) is 0 Å². The third kappa shape index (κ3) is 3.91. The number of fused-ring (bicyclic) bond motifs is 1. The molecular weight excluding hydrogens is 386 g/mol. The summed E-state index contributed by atoms with van der Waals surface area (Å²) in [4.78, 5) is 17.0. The monoisotopic (exact) mass is 411 g/mol. The van der Waals surface area contributed by atoms with Gasteiger partial charge in [0.1, 0.15) is 11.4 Å². The number of nitrogens with one attached hydrogen (secondary N) is 1. The van der Waals surface area contributed by atoms with Crippen LogP contribution in [0, 0.1) is 0 Å². The molecule has 1 saturated carbocycles. The van der Waals surface area contributed by atoms with Gasteiger partial charge in [-0.3, -0.25) is 0 Å². The molecule has 2 aromatic carbocycles. The van der Waals surface area contributed by atoms with Gasteiger partial charge in [0, 0.05) is 35.5 Å². The van der Waals surface area contributed by atoms with Crippen LogP contribution in [0.1, 0.15) is 46.7 Å². The Labute approximate surface area is 181 Å². The summed E-state index contributed by atoms with van der Waals surface area (Å²) >= 11 is 0. The van der Waals surface area contributed by atoms with E-state index in [-0.39, 0.29) is 5.97 Å². The molecule has 5 rings (SSSR count). The predicted molar refractivity (Wildman–Crippen MR) is 123 cm³/mol. The zero-order valence-electron chi connectivity index (χ0n) is 17.5. The number of aromatic nitrogens is 2. The van der Waals surface area contributed by atoms with Crippen molar-refractivity contribution >= 4 is 28.4 Å². The van der Waals surface area contributed by atoms with Crippen LogP contribution >= 0.6 is 0 Å². The fourth-order valence-corrected chi connectivity index (χ4v) is 4.14. The van der Waals surface area contributed by atoms with Crippen LogP contribution in [0.15, 0.2) is 73.1 Å². The summed E-state index contributed by atoms with van der Waals surface area (Å²) in [6.07, 6.45) is 7.54. The van der Waals surface area contributed by atoms with E-state index < -0.39 is 0 Å². The smallest absolute Gasteiger partial charge is 0.341 e. The van der Waals surface area contributed by atoms with Crippen LogP contribution in [0.4, 0.5) is 11.5 Å². The Hall–Kier alpha value is -3.60. The summed E-state index contributed by atoms with van der Waals surface area (Å²) < 4.78 is 7.25. The quantitative estimate of drug-likeness (QED) is 0.402. The number of nitrogens with zero attached hydrogens (tertiary/aromatic N) is 2. The van der Waals surface area contributed by atoms with Crippen molar-refractivity contribution in [1.29, 1.82) is 0 Å². The number of benzene rings is 2. The van der Waals surface area contributed by atoms with Crippen LogP contribution in [0.5, 0.6) is 0 Å². The van der Waals surface area contributed by atoms with Crippen molar-refractivity contribution < 1.29 is 9.53 Å². The molecule has 0 radical (unpaired) electrons. The maximum absolute atomic E-state index is 12.4. The number of carbonyl (C=O) groups is 1. The molecule has 1 aliphatic rings. The number of hydrogen-bond donors (Lipinski definition) is 1. The maximum Gasteiger partial charge on any atom is 0.341 e. The summed E-state index contributed by atoms with van der Waals surface area (Å²) in [6, 6.07) is 20.7. The lowest BCUT2D eigenvalue weighted by Gasteiger charge is -2.26. The molecule has 31 heavy (non-hydrogen) atoms. The fourth-order valence-electron chi connectivity index (χ4n) is 4.14. The van der Waals surface area contributed by atoms with Crippen molar-refractivity contribution in [2.75, 3.05) is 12.4 Å². The van der Waals surface area contributed by atoms with Crippen LogP contribution in [0.3, 0.4) is 0 Å². The number of ether oxygens (including phenoxy) is 1. The average Bonchev–Trinajstić information content (AvgIpc) is 3.15. The normalized spacial score (nSPS) is 13.7. The number of anilines is 2. The van der Waals surface area contributed by atoms with Crippen molar-refractivity contribution in [2.24, 2.45) is 0 Å². The van der Waals surface area contributed by atoms with Crippen LogP contribution in [0.25, 0.3) is 10.9 Å². The lowest BCUT2D eigenvalue weighted by atomic mass is 9.80. The van der Waals surface area contributed by atoms with E-state index in [2.05, 4.69) is 63.5 Å². The number of pyridine rings is 1. The minimum Gasteiger partial charge on any atom is -0.465 e. The first-order valence-corrected chi connectivity index (χ1v) is 10.7. The van der Waals surface area contributed by atoms with E-state index in [9.17, 15) is 4.79 Å². The van der Waals surface area contributed by atoms with Crippen LogP contribution in [-0.4, -0.2) is 22.6 Å². The Balaban J connectivity index is 1.42. The van der Waals surface area contributed by atoms with Crippen molar-refractivity contribution in [3.8, 4) is 0 Å². The van der Waals surface area contributed by atoms with Gasteiger partial charge in [0.25, 0.3) is 0 Å². The lowest BCUT2D eigenvalue weighted by Crippen LogP contribution is -2.13. The molecule has 5 heteroatoms. The van der Waals surface area contributed by atoms with Crippen molar-refractivity contribution in [3.05, 3.63) is 89.7 Å². The zero-order chi connectivity index (χ0) is 21.2. The average molecular weight is 412 g/mol. The molecule has 1 fully saturated rings. The first-order valence-electron chi connectivity index (χ1n) is 10.7. The SMILES string of the molecule is COC(=O)c1cc(C2CCC2)cnc1Nc1ccc2c(ccn2Cc2ccccc2)c1. The summed E-state index contributed by atoms with van der Waals surface area (Å²) in [5.74, 6) is 0.662. The highest BCUT2D eigenvalue weighted by Crippen LogP contribution is 2.37. The molecule has 5 nitrogen and oxygen atoms in total. The van der Waals surface area contributed by atoms with E-state index in [1.54, 1.807) is 0 Å². The molecular formula is C26H25N3O2. The predicted octanol–water partition coefficient (Wildman–Crippen LogP) is 5.88. The number of methoxy groups -OCH3 is 1. The summed E-state index contributed by atoms with van der Waals surface area (Å²) in [6.45, 7) is 0.827. The van der Waals surface area contributed by atoms with Crippen molar-refractivity contribution in [3.63, 3.8) is 0 Å². The number of carbonyl (C=O) groups excluding carboxylic acids is 1. The second-order valence-corrected chi connectivity index (χ2v) is 8.11. The van der Waals surface area contributed by atoms with Gasteiger partial charge in [-0.15, -0.1) is 0 Å². The highest BCUT2D eigenvalue weighted by atomic mass is 16.5. The molecule has 2 heterocycles. The molecule has 0 saturated heterocycles. The van der Waals surface area contributed by atoms with E-state index in [1.165, 1.54) is 19.1 Å². The topological polar surface area (TPSA) is 56.1 Å². The molecule has 0 unspecified atom stereocenters. The molecule has 0 bridgehead atoms. The standard InChI is InChI=1S/C26H25N3O2/c1-31-26(30)23-15-21(19-8-5-9-19)16-27-25(23)28-22-10-11-24-20(14-22)12-13-29(24)17-18-6-3-2-4-7-18/h2-4,6-7,10-16,19H,5,8-9,17H2,1H3,(H,27,28). The van der Waals surface area contributed by atoms with Crippen LogP contribution < -0.4 is 5.32 Å². The van der Waals surface area contributed by atoms with Crippen LogP contribution in [0.2, 0.25) is 0 Å². The van der Waals surface area contributed by atoms with Gasteiger partial charge in [0.15, 0.2) is 0 Å². The molecule has 0 atom stereocenters. The number of esters is 1. The first kappa shape index (κ1) is 19.4. The van der Waals surface area contributed by atoms with E-state index >= 15 is 0 Å². The summed E-state index contributed by atoms with van der Waals surface area (Å²) in [5, 5.41) is 4.45. The molecule has 4 aromatic rings. The molecule has 2 aromatic heterocycles. The molecule has 0 amide bonds. The highest BCUT2D eigenvalue weighted by Gasteiger charge is 2.23. The second-order valence-electron chi connectivity index (χ2n) is 8.11. The van der Waals surface area contributed by atoms with Gasteiger partial charge >= 0.3 is 5.97 Å². The van der Waals surface area contributed by atoms with Crippen LogP contribution in [-0.2, 0) is 11.3 Å². The minimum absolute atomic E-state index is 0.369. The molecule has 0 aliphatic heterocycles. The van der Waals surface area contributed by atoms with Crippen molar-refractivity contribution in [1.82, 2.24) is 9.55 Å². The van der Waals surface area contributed by atoms with Gasteiger partial charge in [-0.25, -0.2) is 9.78 Å². The van der Waals surface area contributed by atoms with E-state index in [1.807, 2.05) is 24.4 Å². The molecule has 156 valence electrons. The highest BCUT2D eigenvalue weighted by molar-refractivity contribution is 5.96.